The Balaban J connectivity index is 2.24. The Morgan fingerprint density at radius 2 is 2.07 bits per heavy atom. The van der Waals surface area contributed by atoms with Crippen molar-refractivity contribution in [2.24, 2.45) is 0 Å². The average molecular weight is 216 g/mol. The molecule has 0 aliphatic heterocycles. The number of thiophene rings is 1. The summed E-state index contributed by atoms with van der Waals surface area (Å²) in [6.07, 6.45) is 0. The first-order valence-corrected chi connectivity index (χ1v) is 5.41. The third-order valence-electron chi connectivity index (χ3n) is 2.18. The van der Waals surface area contributed by atoms with Gasteiger partial charge in [0.15, 0.2) is 5.58 Å². The molecule has 0 atom stereocenters. The molecular formula is C11H8N2OS. The van der Waals surface area contributed by atoms with Gasteiger partial charge in [0.25, 0.3) is 0 Å². The lowest BCUT2D eigenvalue weighted by Crippen LogP contribution is -1.83. The van der Waals surface area contributed by atoms with Crippen molar-refractivity contribution in [3.05, 3.63) is 35.7 Å². The number of oxazole rings is 1. The number of fused-ring (bicyclic) bond motifs is 1. The third-order valence-corrected chi connectivity index (χ3v) is 3.10. The van der Waals surface area contributed by atoms with Crippen LogP contribution in [0.3, 0.4) is 0 Å². The maximum Gasteiger partial charge on any atom is 0.239 e. The van der Waals surface area contributed by atoms with Gasteiger partial charge in [0.05, 0.1) is 5.69 Å². The van der Waals surface area contributed by atoms with E-state index in [4.69, 9.17) is 10.2 Å². The van der Waals surface area contributed by atoms with E-state index in [1.54, 1.807) is 0 Å². The topological polar surface area (TPSA) is 52.0 Å². The number of hydrogen-bond donors (Lipinski definition) is 1. The molecule has 0 saturated heterocycles. The van der Waals surface area contributed by atoms with Crippen molar-refractivity contribution in [1.82, 2.24) is 4.98 Å². The van der Waals surface area contributed by atoms with Crippen molar-refractivity contribution in [2.75, 3.05) is 5.73 Å². The third kappa shape index (κ3) is 1.30. The Labute approximate surface area is 90.2 Å². The fourth-order valence-electron chi connectivity index (χ4n) is 1.46. The zero-order valence-corrected chi connectivity index (χ0v) is 8.62. The van der Waals surface area contributed by atoms with E-state index in [1.165, 1.54) is 11.3 Å². The van der Waals surface area contributed by atoms with E-state index >= 15 is 0 Å². The highest BCUT2D eigenvalue weighted by molar-refractivity contribution is 7.14. The second-order valence-corrected chi connectivity index (χ2v) is 4.11. The molecule has 0 aliphatic carbocycles. The van der Waals surface area contributed by atoms with Crippen LogP contribution in [0.5, 0.6) is 0 Å². The van der Waals surface area contributed by atoms with Gasteiger partial charge in [-0.25, -0.2) is 4.98 Å². The Hall–Kier alpha value is -1.81. The van der Waals surface area contributed by atoms with Crippen LogP contribution in [0.25, 0.3) is 21.9 Å². The van der Waals surface area contributed by atoms with E-state index in [1.807, 2.05) is 35.7 Å². The first-order chi connectivity index (χ1) is 7.34. The molecule has 3 rings (SSSR count). The van der Waals surface area contributed by atoms with E-state index < -0.39 is 0 Å². The predicted octanol–water partition coefficient (Wildman–Crippen LogP) is 3.14. The van der Waals surface area contributed by atoms with Gasteiger partial charge in [-0.15, -0.1) is 11.3 Å². The normalized spacial score (nSPS) is 10.9. The van der Waals surface area contributed by atoms with Gasteiger partial charge in [-0.05, 0) is 23.6 Å². The van der Waals surface area contributed by atoms with E-state index in [9.17, 15) is 0 Å². The molecule has 2 N–H and O–H groups in total. The van der Waals surface area contributed by atoms with Gasteiger partial charge in [0.1, 0.15) is 10.4 Å². The Bertz CT molecular complexity index is 579. The highest BCUT2D eigenvalue weighted by Gasteiger charge is 2.11. The molecule has 0 bridgehead atoms. The van der Waals surface area contributed by atoms with Crippen molar-refractivity contribution >= 4 is 28.1 Å². The highest BCUT2D eigenvalue weighted by Crippen LogP contribution is 2.32. The minimum atomic E-state index is 0.601. The van der Waals surface area contributed by atoms with Crippen molar-refractivity contribution in [1.29, 1.82) is 0 Å². The molecule has 2 aromatic heterocycles. The first kappa shape index (κ1) is 8.49. The van der Waals surface area contributed by atoms with Crippen LogP contribution in [0, 0.1) is 0 Å². The second kappa shape index (κ2) is 3.10. The maximum atomic E-state index is 5.80. The van der Waals surface area contributed by atoms with E-state index in [2.05, 4.69) is 4.98 Å². The summed E-state index contributed by atoms with van der Waals surface area (Å²) in [5.41, 5.74) is 8.17. The number of para-hydroxylation sites is 2. The summed E-state index contributed by atoms with van der Waals surface area (Å²) in [6.45, 7) is 0. The van der Waals surface area contributed by atoms with Crippen molar-refractivity contribution < 1.29 is 4.42 Å². The smallest absolute Gasteiger partial charge is 0.239 e. The standard InChI is InChI=1S/C11H8N2OS/c12-7-5-6-15-10(7)11-13-8-3-1-2-4-9(8)14-11/h1-6H,12H2. The number of anilines is 1. The summed E-state index contributed by atoms with van der Waals surface area (Å²) in [6, 6.07) is 9.54. The van der Waals surface area contributed by atoms with E-state index in [-0.39, 0.29) is 0 Å². The lowest BCUT2D eigenvalue weighted by atomic mass is 10.3. The van der Waals surface area contributed by atoms with Crippen LogP contribution in [-0.4, -0.2) is 4.98 Å². The van der Waals surface area contributed by atoms with Crippen molar-refractivity contribution in [3.63, 3.8) is 0 Å². The molecule has 0 amide bonds. The van der Waals surface area contributed by atoms with Gasteiger partial charge in [-0.3, -0.25) is 0 Å². The molecule has 0 saturated carbocycles. The molecule has 0 unspecified atom stereocenters. The lowest BCUT2D eigenvalue weighted by molar-refractivity contribution is 0.622. The molecular weight excluding hydrogens is 208 g/mol. The van der Waals surface area contributed by atoms with E-state index in [0.29, 0.717) is 11.6 Å². The summed E-state index contributed by atoms with van der Waals surface area (Å²) >= 11 is 1.54. The van der Waals surface area contributed by atoms with Gasteiger partial charge in [0, 0.05) is 0 Å². The number of rotatable bonds is 1. The molecule has 3 nitrogen and oxygen atoms in total. The Kier molecular flexibility index (Phi) is 1.76. The van der Waals surface area contributed by atoms with Gasteiger partial charge in [-0.1, -0.05) is 12.1 Å². The molecule has 74 valence electrons. The summed E-state index contributed by atoms with van der Waals surface area (Å²) in [4.78, 5) is 5.27. The molecule has 0 fully saturated rings. The van der Waals surface area contributed by atoms with E-state index in [0.717, 1.165) is 16.0 Å². The monoisotopic (exact) mass is 216 g/mol. The summed E-state index contributed by atoms with van der Waals surface area (Å²) in [7, 11) is 0. The molecule has 0 aliphatic rings. The quantitative estimate of drug-likeness (QED) is 0.679. The molecule has 0 radical (unpaired) electrons. The minimum Gasteiger partial charge on any atom is -0.435 e. The average Bonchev–Trinajstić information content (AvgIpc) is 2.82. The Morgan fingerprint density at radius 1 is 1.20 bits per heavy atom. The summed E-state index contributed by atoms with van der Waals surface area (Å²) in [5.74, 6) is 0.601. The van der Waals surface area contributed by atoms with Crippen LogP contribution in [0.4, 0.5) is 5.69 Å². The van der Waals surface area contributed by atoms with Crippen LogP contribution in [0.1, 0.15) is 0 Å². The van der Waals surface area contributed by atoms with Gasteiger partial charge < -0.3 is 10.2 Å². The van der Waals surface area contributed by atoms with Crippen molar-refractivity contribution in [2.45, 2.75) is 0 Å². The molecule has 15 heavy (non-hydrogen) atoms. The summed E-state index contributed by atoms with van der Waals surface area (Å²) < 4.78 is 5.61. The van der Waals surface area contributed by atoms with Crippen LogP contribution in [0.15, 0.2) is 40.1 Å². The van der Waals surface area contributed by atoms with Crippen LogP contribution in [-0.2, 0) is 0 Å². The molecule has 3 aromatic rings. The lowest BCUT2D eigenvalue weighted by Gasteiger charge is -1.90. The van der Waals surface area contributed by atoms with Gasteiger partial charge in [0.2, 0.25) is 5.89 Å². The maximum absolute atomic E-state index is 5.80. The van der Waals surface area contributed by atoms with Gasteiger partial charge in [-0.2, -0.15) is 0 Å². The fourth-order valence-corrected chi connectivity index (χ4v) is 2.21. The van der Waals surface area contributed by atoms with Crippen molar-refractivity contribution in [3.8, 4) is 10.8 Å². The SMILES string of the molecule is Nc1ccsc1-c1nc2ccccc2o1. The number of benzene rings is 1. The van der Waals surface area contributed by atoms with Crippen LogP contribution in [0.2, 0.25) is 0 Å². The molecule has 0 spiro atoms. The van der Waals surface area contributed by atoms with Crippen LogP contribution < -0.4 is 5.73 Å². The highest BCUT2D eigenvalue weighted by atomic mass is 32.1. The number of aromatic nitrogens is 1. The first-order valence-electron chi connectivity index (χ1n) is 4.53. The van der Waals surface area contributed by atoms with Crippen LogP contribution >= 0.6 is 11.3 Å². The molecule has 1 aromatic carbocycles. The number of nitrogens with two attached hydrogens (primary N) is 1. The zero-order chi connectivity index (χ0) is 10.3. The molecule has 4 heteroatoms. The van der Waals surface area contributed by atoms with Gasteiger partial charge >= 0.3 is 0 Å². The predicted molar refractivity (Wildman–Crippen MR) is 61.7 cm³/mol. The minimum absolute atomic E-state index is 0.601. The second-order valence-electron chi connectivity index (χ2n) is 3.19. The molecule has 2 heterocycles. The summed E-state index contributed by atoms with van der Waals surface area (Å²) in [5, 5.41) is 1.93. The fraction of sp³-hybridized carbons (Fsp3) is 0. The number of nitrogens with zero attached hydrogens (tertiary/aromatic N) is 1. The number of nitrogen functional groups attached to an aromatic ring is 1. The Morgan fingerprint density at radius 3 is 2.80 bits per heavy atom. The largest absolute Gasteiger partial charge is 0.435 e. The zero-order valence-electron chi connectivity index (χ0n) is 7.81. The number of hydrogen-bond acceptors (Lipinski definition) is 4.